The van der Waals surface area contributed by atoms with Crippen molar-refractivity contribution in [2.24, 2.45) is 0 Å². The van der Waals surface area contributed by atoms with E-state index < -0.39 is 0 Å². The Balaban J connectivity index is 1.35. The van der Waals surface area contributed by atoms with Crippen molar-refractivity contribution in [3.05, 3.63) is 64.7 Å². The number of fused-ring (bicyclic) bond motifs is 1. The SMILES string of the molecule is Cc1ccc(CCC(=O)Nc2ccc3c(c2)CN(C(=O)[C@H]2CCCO2)CC3)cc1. The maximum absolute atomic E-state index is 12.6. The van der Waals surface area contributed by atoms with E-state index in [1.807, 2.05) is 17.0 Å². The molecule has 152 valence electrons. The lowest BCUT2D eigenvalue weighted by Gasteiger charge is -2.31. The van der Waals surface area contributed by atoms with E-state index in [4.69, 9.17) is 4.74 Å². The Morgan fingerprint density at radius 2 is 1.97 bits per heavy atom. The lowest BCUT2D eigenvalue weighted by molar-refractivity contribution is -0.141. The zero-order valence-corrected chi connectivity index (χ0v) is 16.9. The highest BCUT2D eigenvalue weighted by molar-refractivity contribution is 5.91. The quantitative estimate of drug-likeness (QED) is 0.845. The molecule has 2 aliphatic heterocycles. The first kappa shape index (κ1) is 19.6. The monoisotopic (exact) mass is 392 g/mol. The number of anilines is 1. The van der Waals surface area contributed by atoms with Crippen molar-refractivity contribution in [1.82, 2.24) is 4.90 Å². The molecule has 0 spiro atoms. The van der Waals surface area contributed by atoms with Crippen LogP contribution in [0.15, 0.2) is 42.5 Å². The molecule has 1 atom stereocenters. The topological polar surface area (TPSA) is 58.6 Å². The standard InChI is InChI=1S/C24H28N2O3/c1-17-4-6-18(7-5-17)8-11-23(27)25-21-10-9-19-12-13-26(16-20(19)15-21)24(28)22-3-2-14-29-22/h4-7,9-10,15,22H,2-3,8,11-14,16H2,1H3,(H,25,27)/t22-/m1/s1. The summed E-state index contributed by atoms with van der Waals surface area (Å²) in [4.78, 5) is 26.9. The maximum Gasteiger partial charge on any atom is 0.252 e. The molecule has 0 aromatic heterocycles. The van der Waals surface area contributed by atoms with Crippen molar-refractivity contribution >= 4 is 17.5 Å². The molecule has 2 aromatic rings. The van der Waals surface area contributed by atoms with Crippen molar-refractivity contribution < 1.29 is 14.3 Å². The third kappa shape index (κ3) is 4.85. The molecule has 5 nitrogen and oxygen atoms in total. The van der Waals surface area contributed by atoms with Crippen LogP contribution in [0.1, 0.15) is 41.5 Å². The zero-order valence-electron chi connectivity index (χ0n) is 16.9. The molecule has 1 saturated heterocycles. The molecular weight excluding hydrogens is 364 g/mol. The predicted molar refractivity (Wildman–Crippen MR) is 113 cm³/mol. The van der Waals surface area contributed by atoms with E-state index in [9.17, 15) is 9.59 Å². The highest BCUT2D eigenvalue weighted by Crippen LogP contribution is 2.25. The molecule has 29 heavy (non-hydrogen) atoms. The van der Waals surface area contributed by atoms with Crippen LogP contribution < -0.4 is 5.32 Å². The number of hydrogen-bond acceptors (Lipinski definition) is 3. The second kappa shape index (κ2) is 8.78. The summed E-state index contributed by atoms with van der Waals surface area (Å²) in [5.41, 5.74) is 5.54. The normalized spacial score (nSPS) is 18.4. The van der Waals surface area contributed by atoms with Gasteiger partial charge in [-0.15, -0.1) is 0 Å². The largest absolute Gasteiger partial charge is 0.368 e. The number of carbonyl (C=O) groups is 2. The first-order valence-electron chi connectivity index (χ1n) is 10.5. The number of ether oxygens (including phenoxy) is 1. The minimum atomic E-state index is -0.277. The van der Waals surface area contributed by atoms with Crippen LogP contribution in [0.5, 0.6) is 0 Å². The molecule has 0 bridgehead atoms. The lowest BCUT2D eigenvalue weighted by Crippen LogP contribution is -2.41. The smallest absolute Gasteiger partial charge is 0.252 e. The van der Waals surface area contributed by atoms with Crippen LogP contribution in [-0.2, 0) is 33.7 Å². The number of carbonyl (C=O) groups excluding carboxylic acids is 2. The lowest BCUT2D eigenvalue weighted by atomic mass is 9.98. The van der Waals surface area contributed by atoms with Gasteiger partial charge in [0.05, 0.1) is 0 Å². The summed E-state index contributed by atoms with van der Waals surface area (Å²) in [6.45, 7) is 4.05. The van der Waals surface area contributed by atoms with Gasteiger partial charge in [0.1, 0.15) is 6.10 Å². The number of hydrogen-bond donors (Lipinski definition) is 1. The fourth-order valence-electron chi connectivity index (χ4n) is 4.04. The fraction of sp³-hybridized carbons (Fsp3) is 0.417. The van der Waals surface area contributed by atoms with Gasteiger partial charge in [0, 0.05) is 31.8 Å². The molecule has 0 radical (unpaired) electrons. The Morgan fingerprint density at radius 1 is 1.14 bits per heavy atom. The number of amides is 2. The summed E-state index contributed by atoms with van der Waals surface area (Å²) >= 11 is 0. The highest BCUT2D eigenvalue weighted by Gasteiger charge is 2.30. The van der Waals surface area contributed by atoms with Gasteiger partial charge in [0.25, 0.3) is 5.91 Å². The van der Waals surface area contributed by atoms with Crippen LogP contribution in [0, 0.1) is 6.92 Å². The van der Waals surface area contributed by atoms with E-state index >= 15 is 0 Å². The van der Waals surface area contributed by atoms with E-state index in [1.165, 1.54) is 16.7 Å². The van der Waals surface area contributed by atoms with Gasteiger partial charge in [-0.25, -0.2) is 0 Å². The summed E-state index contributed by atoms with van der Waals surface area (Å²) in [5, 5.41) is 3.01. The van der Waals surface area contributed by atoms with Crippen LogP contribution in [0.2, 0.25) is 0 Å². The van der Waals surface area contributed by atoms with Gasteiger partial charge in [-0.05, 0) is 61.4 Å². The number of nitrogens with zero attached hydrogens (tertiary/aromatic N) is 1. The second-order valence-corrected chi connectivity index (χ2v) is 8.03. The van der Waals surface area contributed by atoms with Gasteiger partial charge in [-0.3, -0.25) is 9.59 Å². The van der Waals surface area contributed by atoms with Gasteiger partial charge in [-0.2, -0.15) is 0 Å². The molecule has 2 aliphatic rings. The van der Waals surface area contributed by atoms with Gasteiger partial charge in [0.2, 0.25) is 5.91 Å². The average Bonchev–Trinajstić information content (AvgIpc) is 3.27. The van der Waals surface area contributed by atoms with Crippen LogP contribution >= 0.6 is 0 Å². The van der Waals surface area contributed by atoms with Crippen molar-refractivity contribution in [1.29, 1.82) is 0 Å². The molecule has 0 unspecified atom stereocenters. The maximum atomic E-state index is 12.6. The molecule has 2 heterocycles. The molecule has 1 N–H and O–H groups in total. The number of benzene rings is 2. The Labute approximate surface area is 172 Å². The summed E-state index contributed by atoms with van der Waals surface area (Å²) in [6.07, 6.45) is 3.51. The van der Waals surface area contributed by atoms with Gasteiger partial charge < -0.3 is 15.0 Å². The van der Waals surface area contributed by atoms with E-state index in [0.717, 1.165) is 43.5 Å². The predicted octanol–water partition coefficient (Wildman–Crippen LogP) is 3.63. The zero-order chi connectivity index (χ0) is 20.2. The molecule has 2 aromatic carbocycles. The number of nitrogens with one attached hydrogen (secondary N) is 1. The van der Waals surface area contributed by atoms with E-state index in [2.05, 4.69) is 42.6 Å². The first-order valence-corrected chi connectivity index (χ1v) is 10.5. The van der Waals surface area contributed by atoms with E-state index in [0.29, 0.717) is 19.6 Å². The summed E-state index contributed by atoms with van der Waals surface area (Å²) in [6, 6.07) is 14.3. The molecule has 0 saturated carbocycles. The van der Waals surface area contributed by atoms with Crippen LogP contribution in [0.3, 0.4) is 0 Å². The molecule has 5 heteroatoms. The fourth-order valence-corrected chi connectivity index (χ4v) is 4.04. The van der Waals surface area contributed by atoms with Crippen molar-refractivity contribution in [3.63, 3.8) is 0 Å². The van der Waals surface area contributed by atoms with Crippen LogP contribution in [0.4, 0.5) is 5.69 Å². The third-order valence-corrected chi connectivity index (χ3v) is 5.78. The van der Waals surface area contributed by atoms with Gasteiger partial charge in [-0.1, -0.05) is 35.9 Å². The Hall–Kier alpha value is -2.66. The van der Waals surface area contributed by atoms with Crippen molar-refractivity contribution in [3.8, 4) is 0 Å². The molecule has 2 amide bonds. The Kier molecular flexibility index (Phi) is 5.95. The number of aryl methyl sites for hydroxylation is 2. The van der Waals surface area contributed by atoms with Crippen LogP contribution in [-0.4, -0.2) is 36.0 Å². The summed E-state index contributed by atoms with van der Waals surface area (Å²) in [5.74, 6) is 0.106. The van der Waals surface area contributed by atoms with Gasteiger partial charge >= 0.3 is 0 Å². The van der Waals surface area contributed by atoms with Crippen LogP contribution in [0.25, 0.3) is 0 Å². The molecule has 0 aliphatic carbocycles. The Morgan fingerprint density at radius 3 is 2.72 bits per heavy atom. The van der Waals surface area contributed by atoms with Crippen molar-refractivity contribution in [2.45, 2.75) is 51.7 Å². The average molecular weight is 392 g/mol. The van der Waals surface area contributed by atoms with E-state index in [-0.39, 0.29) is 17.9 Å². The molecule has 1 fully saturated rings. The molecule has 4 rings (SSSR count). The first-order chi connectivity index (χ1) is 14.1. The second-order valence-electron chi connectivity index (χ2n) is 8.03. The van der Waals surface area contributed by atoms with Gasteiger partial charge in [0.15, 0.2) is 0 Å². The summed E-state index contributed by atoms with van der Waals surface area (Å²) in [7, 11) is 0. The minimum Gasteiger partial charge on any atom is -0.368 e. The third-order valence-electron chi connectivity index (χ3n) is 5.78. The highest BCUT2D eigenvalue weighted by atomic mass is 16.5. The Bertz CT molecular complexity index is 885. The summed E-state index contributed by atoms with van der Waals surface area (Å²) < 4.78 is 5.55. The van der Waals surface area contributed by atoms with Crippen molar-refractivity contribution in [2.75, 3.05) is 18.5 Å². The number of rotatable bonds is 5. The van der Waals surface area contributed by atoms with E-state index in [1.54, 1.807) is 0 Å². The minimum absolute atomic E-state index is 0.00798. The molecular formula is C24H28N2O3.